The zero-order valence-electron chi connectivity index (χ0n) is 6.50. The fourth-order valence-electron chi connectivity index (χ4n) is 0.408. The summed E-state index contributed by atoms with van der Waals surface area (Å²) in [5.41, 5.74) is 6.28. The molecule has 6 heteroatoms. The van der Waals surface area contributed by atoms with Crippen molar-refractivity contribution < 1.29 is 21.4 Å². The standard InChI is InChI=1S/C6H13NO2.2HI.Pt/c1-2-6(3-7,4-8)5-9;;;/h7-9H,1-5H2;2*1H;/q-2;;;+4/p-2. The Kier molecular flexibility index (Phi) is 15.2. The second kappa shape index (κ2) is 11.1. The number of hydrogen-bond donors (Lipinski definition) is 2. The van der Waals surface area contributed by atoms with Crippen LogP contribution in [0.4, 0.5) is 0 Å². The third kappa shape index (κ3) is 7.43. The van der Waals surface area contributed by atoms with Gasteiger partial charge in [0.2, 0.25) is 0 Å². The predicted octanol–water partition coefficient (Wildman–Crippen LogP) is 2.00. The van der Waals surface area contributed by atoms with Crippen LogP contribution in [0.2, 0.25) is 0 Å². The molecule has 0 aliphatic rings. The van der Waals surface area contributed by atoms with Crippen LogP contribution in [0, 0.1) is 12.3 Å². The third-order valence-corrected chi connectivity index (χ3v) is 1.58. The van der Waals surface area contributed by atoms with Gasteiger partial charge in [-0.15, -0.1) is 6.54 Å². The molecule has 0 bridgehead atoms. The van der Waals surface area contributed by atoms with Crippen LogP contribution in [0.15, 0.2) is 0 Å². The molecule has 0 radical (unpaired) electrons. The molecular formula is C6H13I2NO2Pt. The molecule has 3 nitrogen and oxygen atoms in total. The monoisotopic (exact) mass is 580 g/mol. The van der Waals surface area contributed by atoms with Crippen molar-refractivity contribution in [2.24, 2.45) is 5.41 Å². The second-order valence-electron chi connectivity index (χ2n) is 2.29. The Labute approximate surface area is 103 Å². The Morgan fingerprint density at radius 1 is 1.33 bits per heavy atom. The molecule has 0 saturated carbocycles. The third-order valence-electron chi connectivity index (χ3n) is 1.58. The first-order valence-electron chi connectivity index (χ1n) is 3.14. The van der Waals surface area contributed by atoms with Gasteiger partial charge in [-0.05, 0) is 5.41 Å². The normalized spacial score (nSPS) is 10.8. The Bertz CT molecular complexity index is 76.1. The van der Waals surface area contributed by atoms with E-state index in [0.29, 0.717) is 17.6 Å². The van der Waals surface area contributed by atoms with Crippen LogP contribution >= 0.6 is 38.7 Å². The molecule has 0 aromatic rings. The van der Waals surface area contributed by atoms with Crippen molar-refractivity contribution in [3.8, 4) is 0 Å². The van der Waals surface area contributed by atoms with Gasteiger partial charge in [-0.3, -0.25) is 0 Å². The molecule has 0 aromatic heterocycles. The molecule has 0 saturated heterocycles. The van der Waals surface area contributed by atoms with Crippen LogP contribution in [0.1, 0.15) is 6.42 Å². The summed E-state index contributed by atoms with van der Waals surface area (Å²) in [6.45, 7) is 3.25. The van der Waals surface area contributed by atoms with E-state index in [1.165, 1.54) is 0 Å². The van der Waals surface area contributed by atoms with Crippen LogP contribution in [-0.4, -0.2) is 30.0 Å². The van der Waals surface area contributed by atoms with Crippen LogP contribution < -0.4 is 0 Å². The van der Waals surface area contributed by atoms with Gasteiger partial charge in [0.15, 0.2) is 0 Å². The van der Waals surface area contributed by atoms with Gasteiger partial charge in [-0.2, -0.15) is 6.42 Å². The van der Waals surface area contributed by atoms with E-state index in [0.717, 1.165) is 0 Å². The van der Waals surface area contributed by atoms with E-state index < -0.39 is 5.41 Å². The van der Waals surface area contributed by atoms with Crippen molar-refractivity contribution >= 4 is 38.7 Å². The first-order chi connectivity index (χ1) is 5.66. The van der Waals surface area contributed by atoms with Gasteiger partial charge in [0.1, 0.15) is 0 Å². The second-order valence-corrected chi connectivity index (χ2v) is 18.9. The molecule has 0 rings (SSSR count). The molecule has 0 heterocycles. The molecular weight excluding hydrogens is 567 g/mol. The molecule has 0 fully saturated rings. The zero-order chi connectivity index (χ0) is 10.0. The van der Waals surface area contributed by atoms with Crippen molar-refractivity contribution in [1.82, 2.24) is 0 Å². The van der Waals surface area contributed by atoms with Crippen LogP contribution in [0.25, 0.3) is 5.73 Å². The van der Waals surface area contributed by atoms with Crippen molar-refractivity contribution in [2.45, 2.75) is 6.42 Å². The summed E-state index contributed by atoms with van der Waals surface area (Å²) < 4.78 is 0. The van der Waals surface area contributed by atoms with E-state index in [-0.39, 0.29) is 19.8 Å². The number of aliphatic hydroxyl groups is 2. The van der Waals surface area contributed by atoms with Crippen LogP contribution in [0.3, 0.4) is 0 Å². The molecule has 0 unspecified atom stereocenters. The number of rotatable bonds is 4. The number of nitrogens with one attached hydrogen (secondary N) is 1. The summed E-state index contributed by atoms with van der Waals surface area (Å²) in [7, 11) is 0. The average molecular weight is 580 g/mol. The molecule has 0 spiro atoms. The van der Waals surface area contributed by atoms with Gasteiger partial charge in [-0.1, -0.05) is 0 Å². The fourth-order valence-corrected chi connectivity index (χ4v) is 0.408. The zero-order valence-corrected chi connectivity index (χ0v) is 13.1. The van der Waals surface area contributed by atoms with E-state index in [1.807, 2.05) is 0 Å². The molecule has 0 atom stereocenters. The van der Waals surface area contributed by atoms with Gasteiger partial charge in [-0.25, -0.2) is 0 Å². The number of hydrogen-bond acceptors (Lipinski definition) is 2. The summed E-state index contributed by atoms with van der Waals surface area (Å²) in [5, 5.41) is 17.3. The van der Waals surface area contributed by atoms with E-state index in [9.17, 15) is 0 Å². The summed E-state index contributed by atoms with van der Waals surface area (Å²) in [6, 6.07) is 0. The molecule has 12 heavy (non-hydrogen) atoms. The predicted molar refractivity (Wildman–Crippen MR) is 63.8 cm³/mol. The maximum atomic E-state index is 8.66. The molecule has 0 aliphatic carbocycles. The average Bonchev–Trinajstić information content (AvgIpc) is 2.11. The first kappa shape index (κ1) is 16.5. The van der Waals surface area contributed by atoms with Crippen molar-refractivity contribution in [1.29, 1.82) is 0 Å². The molecule has 0 aliphatic heterocycles. The van der Waals surface area contributed by atoms with E-state index in [1.54, 1.807) is 0 Å². The van der Waals surface area contributed by atoms with E-state index in [2.05, 4.69) is 45.6 Å². The number of aliphatic hydroxyl groups excluding tert-OH is 2. The summed E-state index contributed by atoms with van der Waals surface area (Å²) in [6.07, 6.45) is 0.406. The van der Waals surface area contributed by atoms with Crippen LogP contribution in [-0.2, 0) is 11.2 Å². The van der Waals surface area contributed by atoms with Gasteiger partial charge >= 0.3 is 49.9 Å². The molecule has 78 valence electrons. The Hall–Kier alpha value is 2.03. The van der Waals surface area contributed by atoms with Gasteiger partial charge < -0.3 is 22.9 Å². The van der Waals surface area contributed by atoms with Gasteiger partial charge in [0, 0.05) is 13.2 Å². The maximum absolute atomic E-state index is 8.66. The fraction of sp³-hybridized carbons (Fsp3) is 0.833. The Morgan fingerprint density at radius 2 is 1.67 bits per heavy atom. The van der Waals surface area contributed by atoms with Gasteiger partial charge in [0.25, 0.3) is 0 Å². The summed E-state index contributed by atoms with van der Waals surface area (Å²) >= 11 is 5.30. The van der Waals surface area contributed by atoms with Gasteiger partial charge in [0.05, 0.1) is 0 Å². The molecule has 0 aromatic carbocycles. The van der Waals surface area contributed by atoms with Crippen LogP contribution in [0.5, 0.6) is 0 Å². The first-order valence-corrected chi connectivity index (χ1v) is 16.0. The minimum atomic E-state index is -0.667. The van der Waals surface area contributed by atoms with Crippen molar-refractivity contribution in [3.05, 3.63) is 12.7 Å². The minimum absolute atomic E-state index is 0.0312. The Morgan fingerprint density at radius 3 is 1.67 bits per heavy atom. The van der Waals surface area contributed by atoms with E-state index in [4.69, 9.17) is 15.9 Å². The molecule has 3 N–H and O–H groups in total. The van der Waals surface area contributed by atoms with Crippen molar-refractivity contribution in [3.63, 3.8) is 0 Å². The topological polar surface area (TPSA) is 64.3 Å². The quantitative estimate of drug-likeness (QED) is 0.395. The SMILES string of the molecule is [CH2-]CC(C[NH-])(CO)CO.[I][Pt+2][I]. The van der Waals surface area contributed by atoms with Crippen molar-refractivity contribution in [2.75, 3.05) is 19.8 Å². The summed E-state index contributed by atoms with van der Waals surface area (Å²) in [4.78, 5) is 0. The summed E-state index contributed by atoms with van der Waals surface area (Å²) in [5.74, 6) is 0. The molecule has 0 amide bonds. The number of halogens is 2. The van der Waals surface area contributed by atoms with E-state index >= 15 is 0 Å². The Balaban J connectivity index is 0.